The third-order valence-electron chi connectivity index (χ3n) is 1.00. The van der Waals surface area contributed by atoms with Crippen molar-refractivity contribution in [2.45, 2.75) is 12.5 Å². The van der Waals surface area contributed by atoms with E-state index in [4.69, 9.17) is 16.6 Å². The molecule has 0 fully saturated rings. The number of ketones is 1. The Labute approximate surface area is 58.0 Å². The Kier molecular flexibility index (Phi) is 3.60. The van der Waals surface area contributed by atoms with Crippen LogP contribution in [-0.2, 0) is 9.59 Å². The largest absolute Gasteiger partial charge is 0.480 e. The predicted octanol–water partition coefficient (Wildman–Crippen LogP) is -1.68. The summed E-state index contributed by atoms with van der Waals surface area (Å²) in [5.74, 6) is -1.84. The van der Waals surface area contributed by atoms with E-state index < -0.39 is 17.8 Å². The van der Waals surface area contributed by atoms with Gasteiger partial charge in [0.15, 0.2) is 11.8 Å². The number of carbonyl (C=O) groups excluding carboxylic acids is 1. The molecule has 0 aromatic rings. The predicted molar refractivity (Wildman–Crippen MR) is 34.3 cm³/mol. The quantitative estimate of drug-likeness (QED) is 0.410. The highest BCUT2D eigenvalue weighted by molar-refractivity contribution is 6.02. The summed E-state index contributed by atoms with van der Waals surface area (Å²) in [5.41, 5.74) is 9.94. The van der Waals surface area contributed by atoms with Crippen molar-refractivity contribution >= 4 is 11.8 Å². The number of hydrogen-bond donors (Lipinski definition) is 3. The number of carbonyl (C=O) groups is 2. The van der Waals surface area contributed by atoms with Crippen LogP contribution in [0.4, 0.5) is 0 Å². The molecule has 0 amide bonds. The molecule has 0 aromatic carbocycles. The zero-order valence-electron chi connectivity index (χ0n) is 5.41. The van der Waals surface area contributed by atoms with Crippen LogP contribution in [0.3, 0.4) is 0 Å². The number of carboxylic acids is 1. The minimum atomic E-state index is -1.41. The molecule has 58 valence electrons. The van der Waals surface area contributed by atoms with Gasteiger partial charge in [0.2, 0.25) is 0 Å². The SMILES string of the molecule is NCCC(=O)[C@H](N)C(=O)O. The van der Waals surface area contributed by atoms with Gasteiger partial charge in [-0.2, -0.15) is 0 Å². The summed E-state index contributed by atoms with van der Waals surface area (Å²) in [6.07, 6.45) is 0.0213. The summed E-state index contributed by atoms with van der Waals surface area (Å²) in [7, 11) is 0. The molecule has 0 aromatic heterocycles. The van der Waals surface area contributed by atoms with Gasteiger partial charge in [-0.3, -0.25) is 9.59 Å². The van der Waals surface area contributed by atoms with Gasteiger partial charge in [0.05, 0.1) is 0 Å². The van der Waals surface area contributed by atoms with Crippen molar-refractivity contribution in [1.29, 1.82) is 0 Å². The summed E-state index contributed by atoms with van der Waals surface area (Å²) >= 11 is 0. The highest BCUT2D eigenvalue weighted by atomic mass is 16.4. The summed E-state index contributed by atoms with van der Waals surface area (Å²) in [4.78, 5) is 20.6. The first kappa shape index (κ1) is 9.06. The van der Waals surface area contributed by atoms with Crippen molar-refractivity contribution in [3.05, 3.63) is 0 Å². The first-order chi connectivity index (χ1) is 4.59. The fourth-order valence-corrected chi connectivity index (χ4v) is 0.435. The number of aliphatic carboxylic acids is 1. The molecular weight excluding hydrogens is 136 g/mol. The van der Waals surface area contributed by atoms with Gasteiger partial charge in [-0.25, -0.2) is 0 Å². The van der Waals surface area contributed by atoms with E-state index in [-0.39, 0.29) is 13.0 Å². The highest BCUT2D eigenvalue weighted by Crippen LogP contribution is 1.86. The molecule has 0 saturated heterocycles. The molecule has 0 aliphatic heterocycles. The van der Waals surface area contributed by atoms with Crippen LogP contribution in [0.2, 0.25) is 0 Å². The summed E-state index contributed by atoms with van der Waals surface area (Å²) in [6.45, 7) is 0.139. The molecule has 0 saturated carbocycles. The fraction of sp³-hybridized carbons (Fsp3) is 0.600. The molecule has 0 unspecified atom stereocenters. The lowest BCUT2D eigenvalue weighted by Gasteiger charge is -2.01. The second-order valence-corrected chi connectivity index (χ2v) is 1.82. The topological polar surface area (TPSA) is 106 Å². The Morgan fingerprint density at radius 3 is 2.30 bits per heavy atom. The lowest BCUT2D eigenvalue weighted by atomic mass is 10.1. The average molecular weight is 146 g/mol. The van der Waals surface area contributed by atoms with E-state index in [2.05, 4.69) is 0 Å². The van der Waals surface area contributed by atoms with Crippen LogP contribution < -0.4 is 11.5 Å². The summed E-state index contributed by atoms with van der Waals surface area (Å²) < 4.78 is 0. The molecule has 0 bridgehead atoms. The highest BCUT2D eigenvalue weighted by Gasteiger charge is 2.19. The van der Waals surface area contributed by atoms with E-state index >= 15 is 0 Å². The second kappa shape index (κ2) is 3.97. The maximum atomic E-state index is 10.6. The Bertz CT molecular complexity index is 146. The van der Waals surface area contributed by atoms with Gasteiger partial charge < -0.3 is 16.6 Å². The van der Waals surface area contributed by atoms with Gasteiger partial charge in [-0.1, -0.05) is 0 Å². The van der Waals surface area contributed by atoms with Crippen molar-refractivity contribution in [3.8, 4) is 0 Å². The molecule has 5 nitrogen and oxygen atoms in total. The van der Waals surface area contributed by atoms with E-state index in [0.29, 0.717) is 0 Å². The fourth-order valence-electron chi connectivity index (χ4n) is 0.435. The van der Waals surface area contributed by atoms with Crippen molar-refractivity contribution in [2.75, 3.05) is 6.54 Å². The van der Waals surface area contributed by atoms with Crippen LogP contribution in [0.1, 0.15) is 6.42 Å². The molecule has 5 heteroatoms. The molecule has 5 N–H and O–H groups in total. The van der Waals surface area contributed by atoms with Crippen LogP contribution in [-0.4, -0.2) is 29.4 Å². The lowest BCUT2D eigenvalue weighted by Crippen LogP contribution is -2.39. The van der Waals surface area contributed by atoms with Gasteiger partial charge in [-0.15, -0.1) is 0 Å². The Morgan fingerprint density at radius 2 is 2.00 bits per heavy atom. The molecule has 0 heterocycles. The molecule has 0 aliphatic rings. The monoisotopic (exact) mass is 146 g/mol. The Morgan fingerprint density at radius 1 is 1.50 bits per heavy atom. The Balaban J connectivity index is 3.82. The van der Waals surface area contributed by atoms with Crippen LogP contribution >= 0.6 is 0 Å². The molecule has 1 atom stereocenters. The van der Waals surface area contributed by atoms with Crippen molar-refractivity contribution < 1.29 is 14.7 Å². The number of Topliss-reactive ketones (excluding diaryl/α,β-unsaturated/α-hetero) is 1. The first-order valence-corrected chi connectivity index (χ1v) is 2.80. The summed E-state index contributed by atoms with van der Waals surface area (Å²) in [5, 5.41) is 8.19. The van der Waals surface area contributed by atoms with E-state index in [9.17, 15) is 9.59 Å². The van der Waals surface area contributed by atoms with Crippen LogP contribution in [0.5, 0.6) is 0 Å². The van der Waals surface area contributed by atoms with Crippen LogP contribution in [0, 0.1) is 0 Å². The zero-order chi connectivity index (χ0) is 8.15. The maximum absolute atomic E-state index is 10.6. The minimum Gasteiger partial charge on any atom is -0.480 e. The maximum Gasteiger partial charge on any atom is 0.328 e. The molecular formula is C5H10N2O3. The lowest BCUT2D eigenvalue weighted by molar-refractivity contribution is -0.142. The number of rotatable bonds is 4. The van der Waals surface area contributed by atoms with Gasteiger partial charge in [0.1, 0.15) is 0 Å². The van der Waals surface area contributed by atoms with Crippen molar-refractivity contribution in [1.82, 2.24) is 0 Å². The van der Waals surface area contributed by atoms with Gasteiger partial charge >= 0.3 is 5.97 Å². The minimum absolute atomic E-state index is 0.0213. The molecule has 0 radical (unpaired) electrons. The third kappa shape index (κ3) is 2.56. The summed E-state index contributed by atoms with van der Waals surface area (Å²) in [6, 6.07) is -1.41. The van der Waals surface area contributed by atoms with Gasteiger partial charge in [0.25, 0.3) is 0 Å². The Hall–Kier alpha value is -0.940. The van der Waals surface area contributed by atoms with E-state index in [1.54, 1.807) is 0 Å². The van der Waals surface area contributed by atoms with Gasteiger partial charge in [0, 0.05) is 6.42 Å². The zero-order valence-corrected chi connectivity index (χ0v) is 5.41. The number of hydrogen-bond acceptors (Lipinski definition) is 4. The average Bonchev–Trinajstić information content (AvgIpc) is 1.87. The number of carboxylic acid groups (broad SMARTS) is 1. The van der Waals surface area contributed by atoms with Crippen LogP contribution in [0.25, 0.3) is 0 Å². The molecule has 10 heavy (non-hydrogen) atoms. The van der Waals surface area contributed by atoms with E-state index in [0.717, 1.165) is 0 Å². The third-order valence-corrected chi connectivity index (χ3v) is 1.00. The standard InChI is InChI=1S/C5H10N2O3/c6-2-1-3(8)4(7)5(9)10/h4H,1-2,6-7H2,(H,9,10)/t4-/m0/s1. The number of nitrogens with two attached hydrogens (primary N) is 2. The van der Waals surface area contributed by atoms with E-state index in [1.165, 1.54) is 0 Å². The normalized spacial score (nSPS) is 12.6. The van der Waals surface area contributed by atoms with Crippen LogP contribution in [0.15, 0.2) is 0 Å². The molecule has 0 rings (SSSR count). The van der Waals surface area contributed by atoms with Crippen molar-refractivity contribution in [3.63, 3.8) is 0 Å². The second-order valence-electron chi connectivity index (χ2n) is 1.82. The molecule has 0 spiro atoms. The van der Waals surface area contributed by atoms with Gasteiger partial charge in [-0.05, 0) is 6.54 Å². The van der Waals surface area contributed by atoms with E-state index in [1.807, 2.05) is 0 Å². The van der Waals surface area contributed by atoms with Crippen molar-refractivity contribution in [2.24, 2.45) is 11.5 Å². The molecule has 0 aliphatic carbocycles. The smallest absolute Gasteiger partial charge is 0.328 e. The first-order valence-electron chi connectivity index (χ1n) is 2.80.